The van der Waals surface area contributed by atoms with E-state index in [2.05, 4.69) is 0 Å². The lowest BCUT2D eigenvalue weighted by atomic mass is 9.94. The molecule has 0 saturated carbocycles. The minimum absolute atomic E-state index is 0.0438. The summed E-state index contributed by atoms with van der Waals surface area (Å²) in [7, 11) is 0. The normalized spacial score (nSPS) is 22.1. The Hall–Kier alpha value is -2.25. The van der Waals surface area contributed by atoms with Crippen molar-refractivity contribution < 1.29 is 27.9 Å². The van der Waals surface area contributed by atoms with E-state index < -0.39 is 30.1 Å². The molecule has 2 N–H and O–H groups in total. The first-order chi connectivity index (χ1) is 9.79. The zero-order chi connectivity index (χ0) is 15.6. The average Bonchev–Trinajstić information content (AvgIpc) is 2.83. The SMILES string of the molecule is O=C(O)N1CC(NC(=O)C(F)(F)F)C(c2ccccc2)C1. The number of rotatable bonds is 2. The first-order valence-electron chi connectivity index (χ1n) is 6.19. The quantitative estimate of drug-likeness (QED) is 0.875. The van der Waals surface area contributed by atoms with Gasteiger partial charge < -0.3 is 15.3 Å². The van der Waals surface area contributed by atoms with Gasteiger partial charge in [-0.25, -0.2) is 4.79 Å². The van der Waals surface area contributed by atoms with Gasteiger partial charge in [0.05, 0.1) is 6.04 Å². The van der Waals surface area contributed by atoms with E-state index in [4.69, 9.17) is 5.11 Å². The predicted molar refractivity (Wildman–Crippen MR) is 66.8 cm³/mol. The molecule has 0 radical (unpaired) electrons. The number of nitrogens with one attached hydrogen (secondary N) is 1. The molecular weight excluding hydrogens is 289 g/mol. The molecule has 1 aromatic rings. The van der Waals surface area contributed by atoms with Crippen LogP contribution in [0.15, 0.2) is 30.3 Å². The monoisotopic (exact) mass is 302 g/mol. The molecule has 1 saturated heterocycles. The number of benzene rings is 1. The van der Waals surface area contributed by atoms with Gasteiger partial charge in [-0.3, -0.25) is 4.79 Å². The first-order valence-corrected chi connectivity index (χ1v) is 6.19. The van der Waals surface area contributed by atoms with Crippen molar-refractivity contribution in [3.8, 4) is 0 Å². The zero-order valence-electron chi connectivity index (χ0n) is 10.8. The summed E-state index contributed by atoms with van der Waals surface area (Å²) in [4.78, 5) is 23.1. The zero-order valence-corrected chi connectivity index (χ0v) is 10.8. The summed E-state index contributed by atoms with van der Waals surface area (Å²) in [6, 6.07) is 7.66. The number of hydrogen-bond donors (Lipinski definition) is 2. The molecule has 21 heavy (non-hydrogen) atoms. The molecule has 2 rings (SSSR count). The van der Waals surface area contributed by atoms with Crippen molar-refractivity contribution in [3.63, 3.8) is 0 Å². The van der Waals surface area contributed by atoms with Crippen LogP contribution in [0.4, 0.5) is 18.0 Å². The summed E-state index contributed by atoms with van der Waals surface area (Å²) >= 11 is 0. The summed E-state index contributed by atoms with van der Waals surface area (Å²) < 4.78 is 37.0. The van der Waals surface area contributed by atoms with Crippen LogP contribution in [-0.4, -0.2) is 47.3 Å². The fourth-order valence-corrected chi connectivity index (χ4v) is 2.39. The lowest BCUT2D eigenvalue weighted by Gasteiger charge is -2.20. The molecule has 5 nitrogen and oxygen atoms in total. The molecule has 1 aliphatic rings. The van der Waals surface area contributed by atoms with Crippen LogP contribution in [0, 0.1) is 0 Å². The number of carbonyl (C=O) groups is 2. The van der Waals surface area contributed by atoms with Gasteiger partial charge in [0, 0.05) is 19.0 Å². The van der Waals surface area contributed by atoms with E-state index >= 15 is 0 Å². The molecule has 0 spiro atoms. The average molecular weight is 302 g/mol. The summed E-state index contributed by atoms with van der Waals surface area (Å²) in [6.45, 7) is -0.126. The third kappa shape index (κ3) is 3.45. The van der Waals surface area contributed by atoms with Gasteiger partial charge in [0.2, 0.25) is 0 Å². The van der Waals surface area contributed by atoms with E-state index in [-0.39, 0.29) is 13.1 Å². The van der Waals surface area contributed by atoms with E-state index in [0.717, 1.165) is 4.90 Å². The number of alkyl halides is 3. The molecule has 1 aliphatic heterocycles. The largest absolute Gasteiger partial charge is 0.471 e. The second-order valence-electron chi connectivity index (χ2n) is 4.78. The van der Waals surface area contributed by atoms with Gasteiger partial charge in [0.25, 0.3) is 0 Å². The molecule has 0 bridgehead atoms. The molecule has 0 aliphatic carbocycles. The van der Waals surface area contributed by atoms with E-state index in [1.807, 2.05) is 5.32 Å². The lowest BCUT2D eigenvalue weighted by molar-refractivity contribution is -0.174. The molecule has 8 heteroatoms. The fourth-order valence-electron chi connectivity index (χ4n) is 2.39. The number of halogens is 3. The van der Waals surface area contributed by atoms with E-state index in [1.165, 1.54) is 0 Å². The topological polar surface area (TPSA) is 69.6 Å². The second kappa shape index (κ2) is 5.63. The smallest absolute Gasteiger partial charge is 0.465 e. The van der Waals surface area contributed by atoms with Crippen molar-refractivity contribution in [2.45, 2.75) is 18.1 Å². The highest BCUT2D eigenvalue weighted by molar-refractivity contribution is 5.82. The Balaban J connectivity index is 2.19. The molecular formula is C13H13F3N2O3. The Morgan fingerprint density at radius 1 is 1.19 bits per heavy atom. The minimum atomic E-state index is -4.99. The van der Waals surface area contributed by atoms with Crippen LogP contribution in [0.3, 0.4) is 0 Å². The minimum Gasteiger partial charge on any atom is -0.465 e. The van der Waals surface area contributed by atoms with Crippen LogP contribution in [0.2, 0.25) is 0 Å². The maximum atomic E-state index is 12.3. The van der Waals surface area contributed by atoms with Gasteiger partial charge in [-0.2, -0.15) is 13.2 Å². The number of carboxylic acid groups (broad SMARTS) is 1. The second-order valence-corrected chi connectivity index (χ2v) is 4.78. The number of hydrogen-bond acceptors (Lipinski definition) is 2. The Kier molecular flexibility index (Phi) is 4.06. The Bertz CT molecular complexity index is 533. The molecule has 1 aromatic carbocycles. The summed E-state index contributed by atoms with van der Waals surface area (Å²) in [5.41, 5.74) is 0.689. The number of carbonyl (C=O) groups excluding carboxylic acids is 1. The van der Waals surface area contributed by atoms with Gasteiger partial charge >= 0.3 is 18.2 Å². The van der Waals surface area contributed by atoms with Crippen molar-refractivity contribution in [2.24, 2.45) is 0 Å². The molecule has 1 fully saturated rings. The van der Waals surface area contributed by atoms with Gasteiger partial charge in [-0.05, 0) is 5.56 Å². The van der Waals surface area contributed by atoms with E-state index in [0.29, 0.717) is 5.56 Å². The predicted octanol–water partition coefficient (Wildman–Crippen LogP) is 1.81. The highest BCUT2D eigenvalue weighted by atomic mass is 19.4. The van der Waals surface area contributed by atoms with Crippen LogP contribution >= 0.6 is 0 Å². The van der Waals surface area contributed by atoms with E-state index in [9.17, 15) is 22.8 Å². The number of amides is 2. The Morgan fingerprint density at radius 3 is 2.33 bits per heavy atom. The van der Waals surface area contributed by atoms with Crippen molar-refractivity contribution in [1.29, 1.82) is 0 Å². The van der Waals surface area contributed by atoms with E-state index in [1.54, 1.807) is 30.3 Å². The van der Waals surface area contributed by atoms with Crippen LogP contribution in [0.25, 0.3) is 0 Å². The molecule has 2 unspecified atom stereocenters. The highest BCUT2D eigenvalue weighted by Gasteiger charge is 2.44. The Morgan fingerprint density at radius 2 is 1.81 bits per heavy atom. The maximum absolute atomic E-state index is 12.3. The maximum Gasteiger partial charge on any atom is 0.471 e. The van der Waals surface area contributed by atoms with Crippen LogP contribution < -0.4 is 5.32 Å². The summed E-state index contributed by atoms with van der Waals surface area (Å²) in [5.74, 6) is -2.56. The fraction of sp³-hybridized carbons (Fsp3) is 0.385. The van der Waals surface area contributed by atoms with Gasteiger partial charge in [0.15, 0.2) is 0 Å². The first kappa shape index (κ1) is 15.1. The van der Waals surface area contributed by atoms with Crippen molar-refractivity contribution >= 4 is 12.0 Å². The Labute approximate surface area is 118 Å². The third-order valence-corrected chi connectivity index (χ3v) is 3.39. The third-order valence-electron chi connectivity index (χ3n) is 3.39. The van der Waals surface area contributed by atoms with Crippen LogP contribution in [-0.2, 0) is 4.79 Å². The molecule has 0 aromatic heterocycles. The van der Waals surface area contributed by atoms with Crippen molar-refractivity contribution in [3.05, 3.63) is 35.9 Å². The lowest BCUT2D eigenvalue weighted by Crippen LogP contribution is -2.46. The van der Waals surface area contributed by atoms with Crippen molar-refractivity contribution in [1.82, 2.24) is 10.2 Å². The van der Waals surface area contributed by atoms with Crippen LogP contribution in [0.1, 0.15) is 11.5 Å². The molecule has 2 atom stereocenters. The standard InChI is InChI=1S/C13H13F3N2O3/c14-13(15,16)11(19)17-10-7-18(12(20)21)6-9(10)8-4-2-1-3-5-8/h1-5,9-10H,6-7H2,(H,17,19)(H,20,21). The summed E-state index contributed by atoms with van der Waals surface area (Å²) in [6.07, 6.45) is -6.21. The van der Waals surface area contributed by atoms with Gasteiger partial charge in [-0.15, -0.1) is 0 Å². The molecule has 114 valence electrons. The number of likely N-dealkylation sites (tertiary alicyclic amines) is 1. The molecule has 2 amide bonds. The van der Waals surface area contributed by atoms with Crippen LogP contribution in [0.5, 0.6) is 0 Å². The number of nitrogens with zero attached hydrogens (tertiary/aromatic N) is 1. The van der Waals surface area contributed by atoms with Gasteiger partial charge in [-0.1, -0.05) is 30.3 Å². The highest BCUT2D eigenvalue weighted by Crippen LogP contribution is 2.28. The molecule has 1 heterocycles. The van der Waals surface area contributed by atoms with Gasteiger partial charge in [0.1, 0.15) is 0 Å². The summed E-state index contributed by atoms with van der Waals surface area (Å²) in [5, 5.41) is 10.9. The van der Waals surface area contributed by atoms with Crippen molar-refractivity contribution in [2.75, 3.05) is 13.1 Å².